The lowest BCUT2D eigenvalue weighted by Gasteiger charge is -2.19. The standard InChI is InChI=1S/C15H17ClN2OS/c1-3-7-18(8-4-2)15(19)14-13(17)11-9-10(16)5-6-12(11)20-14/h3,5-6,9H,1,4,7-8,17H2,2H3. The lowest BCUT2D eigenvalue weighted by molar-refractivity contribution is 0.0780. The summed E-state index contributed by atoms with van der Waals surface area (Å²) in [6, 6.07) is 5.51. The van der Waals surface area contributed by atoms with Gasteiger partial charge in [-0.05, 0) is 24.6 Å². The summed E-state index contributed by atoms with van der Waals surface area (Å²) in [5, 5.41) is 1.47. The van der Waals surface area contributed by atoms with Crippen LogP contribution in [-0.4, -0.2) is 23.9 Å². The molecule has 1 amide bonds. The van der Waals surface area contributed by atoms with Crippen molar-refractivity contribution >= 4 is 44.6 Å². The molecule has 0 saturated carbocycles. The first-order valence-corrected chi connectivity index (χ1v) is 7.65. The molecule has 5 heteroatoms. The second kappa shape index (κ2) is 6.29. The number of hydrogen-bond donors (Lipinski definition) is 1. The van der Waals surface area contributed by atoms with E-state index in [0.717, 1.165) is 16.5 Å². The van der Waals surface area contributed by atoms with Gasteiger partial charge in [0.2, 0.25) is 0 Å². The number of hydrogen-bond acceptors (Lipinski definition) is 3. The Hall–Kier alpha value is -1.52. The number of halogens is 1. The minimum Gasteiger partial charge on any atom is -0.397 e. The molecule has 0 aliphatic rings. The van der Waals surface area contributed by atoms with Crippen molar-refractivity contribution in [3.05, 3.63) is 40.8 Å². The van der Waals surface area contributed by atoms with E-state index in [2.05, 4.69) is 6.58 Å². The van der Waals surface area contributed by atoms with Gasteiger partial charge < -0.3 is 10.6 Å². The van der Waals surface area contributed by atoms with Crippen molar-refractivity contribution in [2.75, 3.05) is 18.8 Å². The Balaban J connectivity index is 2.43. The van der Waals surface area contributed by atoms with Crippen LogP contribution in [0.3, 0.4) is 0 Å². The number of fused-ring (bicyclic) bond motifs is 1. The van der Waals surface area contributed by atoms with E-state index in [-0.39, 0.29) is 5.91 Å². The molecular weight excluding hydrogens is 292 g/mol. The van der Waals surface area contributed by atoms with Crippen LogP contribution in [-0.2, 0) is 0 Å². The Bertz CT molecular complexity index is 651. The Morgan fingerprint density at radius 3 is 2.95 bits per heavy atom. The van der Waals surface area contributed by atoms with Gasteiger partial charge in [0.15, 0.2) is 0 Å². The summed E-state index contributed by atoms with van der Waals surface area (Å²) in [5.74, 6) is -0.0402. The van der Waals surface area contributed by atoms with Crippen LogP contribution in [0.2, 0.25) is 5.02 Å². The van der Waals surface area contributed by atoms with E-state index in [1.165, 1.54) is 11.3 Å². The number of thiophene rings is 1. The first kappa shape index (κ1) is 14.9. The van der Waals surface area contributed by atoms with Crippen LogP contribution in [0.15, 0.2) is 30.9 Å². The zero-order valence-corrected chi connectivity index (χ0v) is 12.9. The van der Waals surface area contributed by atoms with Gasteiger partial charge in [0.1, 0.15) is 4.88 Å². The topological polar surface area (TPSA) is 46.3 Å². The van der Waals surface area contributed by atoms with Crippen molar-refractivity contribution in [1.82, 2.24) is 4.90 Å². The maximum Gasteiger partial charge on any atom is 0.266 e. The normalized spacial score (nSPS) is 10.7. The quantitative estimate of drug-likeness (QED) is 0.842. The Morgan fingerprint density at radius 1 is 1.55 bits per heavy atom. The first-order valence-electron chi connectivity index (χ1n) is 6.46. The summed E-state index contributed by atoms with van der Waals surface area (Å²) in [6.07, 6.45) is 2.63. The average Bonchev–Trinajstić information content (AvgIpc) is 2.75. The Labute approximate surface area is 127 Å². The van der Waals surface area contributed by atoms with E-state index in [1.54, 1.807) is 17.0 Å². The highest BCUT2D eigenvalue weighted by molar-refractivity contribution is 7.21. The minimum absolute atomic E-state index is 0.0402. The average molecular weight is 309 g/mol. The fourth-order valence-corrected chi connectivity index (χ4v) is 3.34. The molecule has 0 bridgehead atoms. The van der Waals surface area contributed by atoms with Gasteiger partial charge in [0.25, 0.3) is 5.91 Å². The monoisotopic (exact) mass is 308 g/mol. The fraction of sp³-hybridized carbons (Fsp3) is 0.267. The van der Waals surface area contributed by atoms with Crippen LogP contribution in [0, 0.1) is 0 Å². The van der Waals surface area contributed by atoms with E-state index < -0.39 is 0 Å². The number of amides is 1. The van der Waals surface area contributed by atoms with E-state index >= 15 is 0 Å². The fourth-order valence-electron chi connectivity index (χ4n) is 2.09. The molecule has 0 aliphatic heterocycles. The Kier molecular flexibility index (Phi) is 4.68. The second-order valence-electron chi connectivity index (χ2n) is 4.53. The van der Waals surface area contributed by atoms with E-state index in [0.29, 0.717) is 28.7 Å². The van der Waals surface area contributed by atoms with Gasteiger partial charge in [-0.2, -0.15) is 0 Å². The number of carbonyl (C=O) groups excluding carboxylic acids is 1. The minimum atomic E-state index is -0.0402. The molecular formula is C15H17ClN2OS. The predicted molar refractivity (Wildman–Crippen MR) is 87.6 cm³/mol. The largest absolute Gasteiger partial charge is 0.397 e. The van der Waals surface area contributed by atoms with Crippen molar-refractivity contribution in [1.29, 1.82) is 0 Å². The van der Waals surface area contributed by atoms with Gasteiger partial charge in [-0.15, -0.1) is 17.9 Å². The highest BCUT2D eigenvalue weighted by atomic mass is 35.5. The lowest BCUT2D eigenvalue weighted by atomic mass is 10.2. The molecule has 1 aromatic heterocycles. The van der Waals surface area contributed by atoms with Gasteiger partial charge in [-0.1, -0.05) is 24.6 Å². The Morgan fingerprint density at radius 2 is 2.30 bits per heavy atom. The lowest BCUT2D eigenvalue weighted by Crippen LogP contribution is -2.31. The van der Waals surface area contributed by atoms with Crippen molar-refractivity contribution < 1.29 is 4.79 Å². The number of nitrogens with zero attached hydrogens (tertiary/aromatic N) is 1. The van der Waals surface area contributed by atoms with Crippen molar-refractivity contribution in [2.45, 2.75) is 13.3 Å². The second-order valence-corrected chi connectivity index (χ2v) is 6.01. The van der Waals surface area contributed by atoms with Crippen molar-refractivity contribution in [2.24, 2.45) is 0 Å². The zero-order valence-electron chi connectivity index (χ0n) is 11.4. The van der Waals surface area contributed by atoms with Crippen LogP contribution in [0.5, 0.6) is 0 Å². The summed E-state index contributed by atoms with van der Waals surface area (Å²) < 4.78 is 0.977. The van der Waals surface area contributed by atoms with Gasteiger partial charge in [-0.25, -0.2) is 0 Å². The van der Waals surface area contributed by atoms with Crippen LogP contribution < -0.4 is 5.73 Å². The smallest absolute Gasteiger partial charge is 0.266 e. The summed E-state index contributed by atoms with van der Waals surface area (Å²) in [4.78, 5) is 14.9. The maximum absolute atomic E-state index is 12.6. The van der Waals surface area contributed by atoms with Crippen molar-refractivity contribution in [3.8, 4) is 0 Å². The van der Waals surface area contributed by atoms with Crippen LogP contribution in [0.4, 0.5) is 5.69 Å². The van der Waals surface area contributed by atoms with Gasteiger partial charge >= 0.3 is 0 Å². The molecule has 0 atom stereocenters. The zero-order chi connectivity index (χ0) is 14.7. The summed E-state index contributed by atoms with van der Waals surface area (Å²) in [6.45, 7) is 6.96. The predicted octanol–water partition coefficient (Wildman–Crippen LogP) is 4.18. The third kappa shape index (κ3) is 2.81. The first-order chi connectivity index (χ1) is 9.58. The molecule has 2 aromatic rings. The van der Waals surface area contributed by atoms with E-state index in [9.17, 15) is 4.79 Å². The van der Waals surface area contributed by atoms with Crippen LogP contribution in [0.25, 0.3) is 10.1 Å². The molecule has 3 nitrogen and oxygen atoms in total. The number of rotatable bonds is 5. The van der Waals surface area contributed by atoms with Gasteiger partial charge in [-0.3, -0.25) is 4.79 Å². The molecule has 106 valence electrons. The molecule has 0 unspecified atom stereocenters. The molecule has 0 spiro atoms. The molecule has 2 N–H and O–H groups in total. The summed E-state index contributed by atoms with van der Waals surface area (Å²) >= 11 is 7.39. The van der Waals surface area contributed by atoms with E-state index in [1.807, 2.05) is 19.1 Å². The molecule has 1 heterocycles. The van der Waals surface area contributed by atoms with E-state index in [4.69, 9.17) is 17.3 Å². The summed E-state index contributed by atoms with van der Waals surface area (Å²) in [7, 11) is 0. The molecule has 1 aromatic carbocycles. The summed E-state index contributed by atoms with van der Waals surface area (Å²) in [5.41, 5.74) is 6.63. The molecule has 0 radical (unpaired) electrons. The van der Waals surface area contributed by atoms with Crippen LogP contribution >= 0.6 is 22.9 Å². The molecule has 2 rings (SSSR count). The number of nitrogen functional groups attached to an aromatic ring is 1. The van der Waals surface area contributed by atoms with Crippen molar-refractivity contribution in [3.63, 3.8) is 0 Å². The molecule has 0 aliphatic carbocycles. The molecule has 0 fully saturated rings. The number of benzene rings is 1. The van der Waals surface area contributed by atoms with Crippen LogP contribution in [0.1, 0.15) is 23.0 Å². The maximum atomic E-state index is 12.6. The SMILES string of the molecule is C=CCN(CCC)C(=O)c1sc2ccc(Cl)cc2c1N. The highest BCUT2D eigenvalue weighted by Gasteiger charge is 2.21. The third-order valence-electron chi connectivity index (χ3n) is 3.01. The molecule has 0 saturated heterocycles. The van der Waals surface area contributed by atoms with Gasteiger partial charge in [0, 0.05) is 28.2 Å². The number of carbonyl (C=O) groups is 1. The van der Waals surface area contributed by atoms with Gasteiger partial charge in [0.05, 0.1) is 5.69 Å². The molecule has 20 heavy (non-hydrogen) atoms. The number of nitrogens with two attached hydrogens (primary N) is 1. The third-order valence-corrected chi connectivity index (χ3v) is 4.42. The highest BCUT2D eigenvalue weighted by Crippen LogP contribution is 2.35. The number of anilines is 1.